The first-order valence-electron chi connectivity index (χ1n) is 5.44. The molecule has 0 saturated carbocycles. The molecule has 0 unspecified atom stereocenters. The minimum absolute atomic E-state index is 0.155. The number of benzene rings is 1. The van der Waals surface area contributed by atoms with E-state index in [1.54, 1.807) is 0 Å². The summed E-state index contributed by atoms with van der Waals surface area (Å²) < 4.78 is 37.8. The van der Waals surface area contributed by atoms with Gasteiger partial charge in [0, 0.05) is 15.5 Å². The van der Waals surface area contributed by atoms with E-state index in [1.807, 2.05) is 0 Å². The summed E-state index contributed by atoms with van der Waals surface area (Å²) in [7, 11) is 0. The molecule has 7 heteroatoms. The Labute approximate surface area is 122 Å². The van der Waals surface area contributed by atoms with Crippen molar-refractivity contribution >= 4 is 33.4 Å². The molecule has 0 aliphatic heterocycles. The van der Waals surface area contributed by atoms with Crippen molar-refractivity contribution in [3.05, 3.63) is 33.3 Å². The van der Waals surface area contributed by atoms with Crippen molar-refractivity contribution < 1.29 is 18.0 Å². The van der Waals surface area contributed by atoms with Crippen LogP contribution in [0.1, 0.15) is 24.2 Å². The molecule has 0 bridgehead atoms. The molecule has 0 N–H and O–H groups in total. The summed E-state index contributed by atoms with van der Waals surface area (Å²) in [6, 6.07) is 3.78. The highest BCUT2D eigenvalue weighted by Crippen LogP contribution is 2.25. The summed E-state index contributed by atoms with van der Waals surface area (Å²) >= 11 is 8.87. The summed E-state index contributed by atoms with van der Waals surface area (Å²) in [6.45, 7) is 1.79. The van der Waals surface area contributed by atoms with Crippen LogP contribution in [0.4, 0.5) is 13.2 Å². The fraction of sp³-hybridized carbons (Fsp3) is 0.417. The molecule has 0 spiro atoms. The minimum Gasteiger partial charge on any atom is -0.327 e. The quantitative estimate of drug-likeness (QED) is 0.778. The van der Waals surface area contributed by atoms with Gasteiger partial charge in [-0.3, -0.25) is 4.79 Å². The van der Waals surface area contributed by atoms with Gasteiger partial charge >= 0.3 is 6.18 Å². The lowest BCUT2D eigenvalue weighted by molar-refractivity contribution is -0.143. The Kier molecular flexibility index (Phi) is 5.26. The van der Waals surface area contributed by atoms with Gasteiger partial charge in [-0.2, -0.15) is 13.2 Å². The molecule has 0 atom stereocenters. The summed E-state index contributed by atoms with van der Waals surface area (Å²) in [6.07, 6.45) is -4.43. The molecule has 0 aromatic heterocycles. The first-order valence-corrected chi connectivity index (χ1v) is 6.61. The van der Waals surface area contributed by atoms with Gasteiger partial charge in [0.25, 0.3) is 5.91 Å². The van der Waals surface area contributed by atoms with E-state index in [0.717, 1.165) is 4.90 Å². The van der Waals surface area contributed by atoms with E-state index in [2.05, 4.69) is 15.9 Å². The maximum Gasteiger partial charge on any atom is 0.406 e. The standard InChI is InChI=1S/C12H12BrClF3NO/c1-7(2)18(6-12(15,16)17)11(19)9-4-3-8(14)5-10(9)13/h3-5,7H,6H2,1-2H3. The molecule has 0 saturated heterocycles. The largest absolute Gasteiger partial charge is 0.406 e. The minimum atomic E-state index is -4.43. The molecule has 0 aliphatic rings. The average Bonchev–Trinajstić information content (AvgIpc) is 2.23. The third kappa shape index (κ3) is 4.69. The Morgan fingerprint density at radius 1 is 1.42 bits per heavy atom. The van der Waals surface area contributed by atoms with E-state index >= 15 is 0 Å². The van der Waals surface area contributed by atoms with Crippen molar-refractivity contribution in [2.24, 2.45) is 0 Å². The first-order chi connectivity index (χ1) is 8.61. The summed E-state index contributed by atoms with van der Waals surface area (Å²) in [5, 5.41) is 0.398. The Balaban J connectivity index is 3.06. The van der Waals surface area contributed by atoms with Crippen LogP contribution in [-0.4, -0.2) is 29.6 Å². The van der Waals surface area contributed by atoms with E-state index in [-0.39, 0.29) is 5.56 Å². The maximum atomic E-state index is 12.5. The van der Waals surface area contributed by atoms with Gasteiger partial charge in [-0.15, -0.1) is 0 Å². The SMILES string of the molecule is CC(C)N(CC(F)(F)F)C(=O)c1ccc(Cl)cc1Br. The maximum absolute atomic E-state index is 12.5. The number of nitrogens with zero attached hydrogens (tertiary/aromatic N) is 1. The highest BCUT2D eigenvalue weighted by molar-refractivity contribution is 9.10. The lowest BCUT2D eigenvalue weighted by atomic mass is 10.1. The topological polar surface area (TPSA) is 20.3 Å². The molecule has 19 heavy (non-hydrogen) atoms. The van der Waals surface area contributed by atoms with Gasteiger partial charge in [0.15, 0.2) is 0 Å². The van der Waals surface area contributed by atoms with Crippen molar-refractivity contribution in [2.45, 2.75) is 26.1 Å². The molecule has 0 aliphatic carbocycles. The third-order valence-electron chi connectivity index (χ3n) is 2.40. The lowest BCUT2D eigenvalue weighted by Crippen LogP contribution is -2.43. The van der Waals surface area contributed by atoms with Crippen LogP contribution in [0.15, 0.2) is 22.7 Å². The molecular weight excluding hydrogens is 346 g/mol. The number of alkyl halides is 3. The van der Waals surface area contributed by atoms with Crippen molar-refractivity contribution in [2.75, 3.05) is 6.54 Å². The number of carbonyl (C=O) groups is 1. The van der Waals surface area contributed by atoms with Crippen LogP contribution < -0.4 is 0 Å². The molecule has 2 nitrogen and oxygen atoms in total. The fourth-order valence-electron chi connectivity index (χ4n) is 1.50. The van der Waals surface area contributed by atoms with Gasteiger partial charge in [-0.25, -0.2) is 0 Å². The van der Waals surface area contributed by atoms with Gasteiger partial charge in [-0.1, -0.05) is 11.6 Å². The van der Waals surface area contributed by atoms with Gasteiger partial charge in [0.2, 0.25) is 0 Å². The zero-order valence-corrected chi connectivity index (χ0v) is 12.6. The van der Waals surface area contributed by atoms with Gasteiger partial charge in [-0.05, 0) is 48.0 Å². The average molecular weight is 359 g/mol. The molecule has 1 amide bonds. The number of hydrogen-bond donors (Lipinski definition) is 0. The number of halogens is 5. The second-order valence-electron chi connectivity index (χ2n) is 4.27. The molecule has 1 aromatic rings. The first kappa shape index (κ1) is 16.3. The second kappa shape index (κ2) is 6.13. The van der Waals surface area contributed by atoms with Gasteiger partial charge in [0.05, 0.1) is 5.56 Å². The Hall–Kier alpha value is -0.750. The zero-order chi connectivity index (χ0) is 14.8. The predicted octanol–water partition coefficient (Wildman–Crippen LogP) is 4.52. The monoisotopic (exact) mass is 357 g/mol. The van der Waals surface area contributed by atoms with Crippen LogP contribution in [0.2, 0.25) is 5.02 Å². The van der Waals surface area contributed by atoms with Crippen molar-refractivity contribution in [3.63, 3.8) is 0 Å². The highest BCUT2D eigenvalue weighted by Gasteiger charge is 2.35. The zero-order valence-electron chi connectivity index (χ0n) is 10.3. The lowest BCUT2D eigenvalue weighted by Gasteiger charge is -2.28. The van der Waals surface area contributed by atoms with E-state index in [9.17, 15) is 18.0 Å². The molecule has 0 fully saturated rings. The smallest absolute Gasteiger partial charge is 0.327 e. The summed E-state index contributed by atoms with van der Waals surface area (Å²) in [5.41, 5.74) is 0.155. The van der Waals surface area contributed by atoms with Gasteiger partial charge in [0.1, 0.15) is 6.54 Å². The van der Waals surface area contributed by atoms with Crippen LogP contribution in [0.3, 0.4) is 0 Å². The third-order valence-corrected chi connectivity index (χ3v) is 3.29. The van der Waals surface area contributed by atoms with Crippen molar-refractivity contribution in [1.29, 1.82) is 0 Å². The van der Waals surface area contributed by atoms with E-state index in [4.69, 9.17) is 11.6 Å². The number of hydrogen-bond acceptors (Lipinski definition) is 1. The van der Waals surface area contributed by atoms with E-state index < -0.39 is 24.7 Å². The van der Waals surface area contributed by atoms with Crippen molar-refractivity contribution in [1.82, 2.24) is 4.90 Å². The number of carbonyl (C=O) groups excluding carboxylic acids is 1. The van der Waals surface area contributed by atoms with Crippen LogP contribution >= 0.6 is 27.5 Å². The van der Waals surface area contributed by atoms with Crippen LogP contribution in [0, 0.1) is 0 Å². The molecule has 0 radical (unpaired) electrons. The Bertz CT molecular complexity index is 477. The van der Waals surface area contributed by atoms with Crippen LogP contribution in [-0.2, 0) is 0 Å². The number of amides is 1. The highest BCUT2D eigenvalue weighted by atomic mass is 79.9. The van der Waals surface area contributed by atoms with Gasteiger partial charge < -0.3 is 4.90 Å². The Morgan fingerprint density at radius 3 is 2.42 bits per heavy atom. The predicted molar refractivity (Wildman–Crippen MR) is 71.4 cm³/mol. The Morgan fingerprint density at radius 2 is 2.00 bits per heavy atom. The normalized spacial score (nSPS) is 11.8. The summed E-state index contributed by atoms with van der Waals surface area (Å²) in [5.74, 6) is -0.684. The molecule has 0 heterocycles. The van der Waals surface area contributed by atoms with Crippen LogP contribution in [0.5, 0.6) is 0 Å². The van der Waals surface area contributed by atoms with E-state index in [1.165, 1.54) is 32.0 Å². The van der Waals surface area contributed by atoms with Crippen LogP contribution in [0.25, 0.3) is 0 Å². The van der Waals surface area contributed by atoms with E-state index in [0.29, 0.717) is 9.50 Å². The fourth-order valence-corrected chi connectivity index (χ4v) is 2.35. The number of rotatable bonds is 3. The molecule has 106 valence electrons. The van der Waals surface area contributed by atoms with Crippen molar-refractivity contribution in [3.8, 4) is 0 Å². The molecular formula is C12H12BrClF3NO. The summed E-state index contributed by atoms with van der Waals surface area (Å²) in [4.78, 5) is 12.9. The second-order valence-corrected chi connectivity index (χ2v) is 5.56. The molecule has 1 rings (SSSR count). The molecule has 1 aromatic carbocycles.